The summed E-state index contributed by atoms with van der Waals surface area (Å²) in [4.78, 5) is 15.5. The lowest BCUT2D eigenvalue weighted by atomic mass is 9.85. The molecule has 1 fully saturated rings. The molecule has 138 valence electrons. The summed E-state index contributed by atoms with van der Waals surface area (Å²) in [6, 6.07) is 21.2. The summed E-state index contributed by atoms with van der Waals surface area (Å²) in [5.41, 5.74) is 3.52. The molecule has 0 aliphatic carbocycles. The van der Waals surface area contributed by atoms with E-state index in [1.807, 2.05) is 6.07 Å². The molecule has 0 spiro atoms. The van der Waals surface area contributed by atoms with Crippen LogP contribution in [0.1, 0.15) is 35.3 Å². The third kappa shape index (κ3) is 3.21. The van der Waals surface area contributed by atoms with Gasteiger partial charge >= 0.3 is 0 Å². The van der Waals surface area contributed by atoms with Crippen LogP contribution in [0.25, 0.3) is 10.9 Å². The number of rotatable bonds is 4. The Hall–Kier alpha value is -2.39. The smallest absolute Gasteiger partial charge is 0.184 e. The molecule has 27 heavy (non-hydrogen) atoms. The standard InChI is InChI=1S/C24H26N2O/c27-24-21(17-26-22-9-5-4-8-20(22)15-23(24)26)14-18-10-12-25(13-11-18)16-19-6-2-1-3-7-19/h1-9,15,18,21H,10-14,16-17H2. The number of fused-ring (bicyclic) bond motifs is 3. The van der Waals surface area contributed by atoms with E-state index in [2.05, 4.69) is 64.1 Å². The Labute approximate surface area is 160 Å². The number of hydrogen-bond donors (Lipinski definition) is 0. The number of nitrogens with zero attached hydrogens (tertiary/aromatic N) is 2. The average Bonchev–Trinajstić information content (AvgIpc) is 3.21. The summed E-state index contributed by atoms with van der Waals surface area (Å²) in [5, 5.41) is 1.19. The van der Waals surface area contributed by atoms with Crippen LogP contribution in [0.5, 0.6) is 0 Å². The van der Waals surface area contributed by atoms with E-state index in [9.17, 15) is 4.79 Å². The number of hydrogen-bond acceptors (Lipinski definition) is 2. The van der Waals surface area contributed by atoms with Crippen molar-refractivity contribution in [1.29, 1.82) is 0 Å². The van der Waals surface area contributed by atoms with Crippen molar-refractivity contribution in [3.8, 4) is 0 Å². The second-order valence-corrected chi connectivity index (χ2v) is 8.20. The van der Waals surface area contributed by atoms with Crippen molar-refractivity contribution in [2.24, 2.45) is 11.8 Å². The topological polar surface area (TPSA) is 25.2 Å². The van der Waals surface area contributed by atoms with Crippen LogP contribution in [0.4, 0.5) is 0 Å². The lowest BCUT2D eigenvalue weighted by Crippen LogP contribution is -2.34. The van der Waals surface area contributed by atoms with Crippen molar-refractivity contribution < 1.29 is 4.79 Å². The van der Waals surface area contributed by atoms with Gasteiger partial charge in [0.2, 0.25) is 0 Å². The maximum absolute atomic E-state index is 12.9. The predicted molar refractivity (Wildman–Crippen MR) is 109 cm³/mol. The molecule has 1 aromatic heterocycles. The zero-order valence-corrected chi connectivity index (χ0v) is 15.7. The van der Waals surface area contributed by atoms with E-state index in [1.54, 1.807) is 0 Å². The van der Waals surface area contributed by atoms with Gasteiger partial charge in [0.05, 0.1) is 5.69 Å². The molecule has 5 rings (SSSR count). The molecular formula is C24H26N2O. The van der Waals surface area contributed by atoms with Gasteiger partial charge in [-0.25, -0.2) is 0 Å². The molecule has 1 saturated heterocycles. The van der Waals surface area contributed by atoms with E-state index >= 15 is 0 Å². The van der Waals surface area contributed by atoms with Crippen molar-refractivity contribution in [2.45, 2.75) is 32.4 Å². The number of likely N-dealkylation sites (tertiary alicyclic amines) is 1. The van der Waals surface area contributed by atoms with Crippen LogP contribution in [0.2, 0.25) is 0 Å². The highest BCUT2D eigenvalue weighted by molar-refractivity contribution is 6.03. The summed E-state index contributed by atoms with van der Waals surface area (Å²) in [5.74, 6) is 1.22. The van der Waals surface area contributed by atoms with Gasteiger partial charge < -0.3 is 4.57 Å². The highest BCUT2D eigenvalue weighted by atomic mass is 16.1. The highest BCUT2D eigenvalue weighted by Crippen LogP contribution is 2.34. The van der Waals surface area contributed by atoms with Crippen LogP contribution in [0.3, 0.4) is 0 Å². The number of carbonyl (C=O) groups excluding carboxylic acids is 1. The maximum atomic E-state index is 12.9. The molecule has 3 aromatic rings. The Kier molecular flexibility index (Phi) is 4.33. The van der Waals surface area contributed by atoms with Crippen molar-refractivity contribution in [3.63, 3.8) is 0 Å². The Morgan fingerprint density at radius 1 is 0.926 bits per heavy atom. The first-order valence-electron chi connectivity index (χ1n) is 10.2. The molecule has 2 aliphatic rings. The molecule has 3 heterocycles. The maximum Gasteiger partial charge on any atom is 0.184 e. The molecule has 0 amide bonds. The molecular weight excluding hydrogens is 332 g/mol. The van der Waals surface area contributed by atoms with Crippen molar-refractivity contribution in [3.05, 3.63) is 71.9 Å². The Balaban J connectivity index is 1.19. The van der Waals surface area contributed by atoms with E-state index in [4.69, 9.17) is 0 Å². The van der Waals surface area contributed by atoms with Gasteiger partial charge in [-0.15, -0.1) is 0 Å². The van der Waals surface area contributed by atoms with E-state index < -0.39 is 0 Å². The normalized spacial score (nSPS) is 21.0. The molecule has 0 radical (unpaired) electrons. The van der Waals surface area contributed by atoms with Crippen molar-refractivity contribution in [2.75, 3.05) is 13.1 Å². The number of aromatic nitrogens is 1. The van der Waals surface area contributed by atoms with Gasteiger partial charge in [-0.3, -0.25) is 9.69 Å². The van der Waals surface area contributed by atoms with Crippen LogP contribution < -0.4 is 0 Å². The fourth-order valence-electron chi connectivity index (χ4n) is 4.93. The van der Waals surface area contributed by atoms with Gasteiger partial charge in [-0.05, 0) is 56.0 Å². The lowest BCUT2D eigenvalue weighted by molar-refractivity contribution is 0.0894. The van der Waals surface area contributed by atoms with E-state index in [0.717, 1.165) is 38.3 Å². The monoisotopic (exact) mass is 358 g/mol. The van der Waals surface area contributed by atoms with E-state index in [-0.39, 0.29) is 5.92 Å². The first-order chi connectivity index (χ1) is 13.3. The molecule has 3 heteroatoms. The quantitative estimate of drug-likeness (QED) is 0.672. The lowest BCUT2D eigenvalue weighted by Gasteiger charge is -2.32. The van der Waals surface area contributed by atoms with Gasteiger partial charge in [-0.1, -0.05) is 48.5 Å². The number of ketones is 1. The summed E-state index contributed by atoms with van der Waals surface area (Å²) < 4.78 is 2.24. The third-order valence-corrected chi connectivity index (χ3v) is 6.41. The molecule has 2 aliphatic heterocycles. The molecule has 0 N–H and O–H groups in total. The van der Waals surface area contributed by atoms with Gasteiger partial charge in [-0.2, -0.15) is 0 Å². The number of Topliss-reactive ketones (excluding diaryl/α,β-unsaturated/α-hetero) is 1. The van der Waals surface area contributed by atoms with Gasteiger partial charge in [0.15, 0.2) is 5.78 Å². The minimum absolute atomic E-state index is 0.176. The van der Waals surface area contributed by atoms with Gasteiger partial charge in [0.1, 0.15) is 0 Å². The van der Waals surface area contributed by atoms with Crippen LogP contribution in [-0.2, 0) is 13.1 Å². The third-order valence-electron chi connectivity index (χ3n) is 6.41. The SMILES string of the molecule is O=C1c2cc3ccccc3n2CC1CC1CCN(Cc2ccccc2)CC1. The fraction of sp³-hybridized carbons (Fsp3) is 0.375. The Morgan fingerprint density at radius 2 is 1.67 bits per heavy atom. The van der Waals surface area contributed by atoms with Gasteiger partial charge in [0.25, 0.3) is 0 Å². The van der Waals surface area contributed by atoms with E-state index in [0.29, 0.717) is 11.7 Å². The largest absolute Gasteiger partial charge is 0.337 e. The molecule has 0 saturated carbocycles. The van der Waals surface area contributed by atoms with E-state index in [1.165, 1.54) is 29.3 Å². The molecule has 3 nitrogen and oxygen atoms in total. The second-order valence-electron chi connectivity index (χ2n) is 8.20. The number of piperidine rings is 1. The van der Waals surface area contributed by atoms with Crippen molar-refractivity contribution >= 4 is 16.7 Å². The summed E-state index contributed by atoms with van der Waals surface area (Å²) >= 11 is 0. The zero-order valence-electron chi connectivity index (χ0n) is 15.7. The average molecular weight is 358 g/mol. The summed E-state index contributed by atoms with van der Waals surface area (Å²) in [6.45, 7) is 4.21. The van der Waals surface area contributed by atoms with Crippen LogP contribution in [0, 0.1) is 11.8 Å². The fourth-order valence-corrected chi connectivity index (χ4v) is 4.93. The highest BCUT2D eigenvalue weighted by Gasteiger charge is 2.34. The zero-order chi connectivity index (χ0) is 18.2. The molecule has 2 aromatic carbocycles. The Morgan fingerprint density at radius 3 is 2.48 bits per heavy atom. The van der Waals surface area contributed by atoms with Crippen LogP contribution in [-0.4, -0.2) is 28.3 Å². The van der Waals surface area contributed by atoms with Crippen LogP contribution >= 0.6 is 0 Å². The molecule has 0 bridgehead atoms. The second kappa shape index (κ2) is 6.97. The Bertz CT molecular complexity index is 951. The predicted octanol–water partition coefficient (Wildman–Crippen LogP) is 4.76. The van der Waals surface area contributed by atoms with Crippen molar-refractivity contribution in [1.82, 2.24) is 9.47 Å². The van der Waals surface area contributed by atoms with Crippen LogP contribution in [0.15, 0.2) is 60.7 Å². The number of carbonyl (C=O) groups is 1. The minimum atomic E-state index is 0.176. The molecule has 1 atom stereocenters. The summed E-state index contributed by atoms with van der Waals surface area (Å²) in [7, 11) is 0. The number of benzene rings is 2. The summed E-state index contributed by atoms with van der Waals surface area (Å²) in [6.07, 6.45) is 3.48. The first kappa shape index (κ1) is 16.8. The number of para-hydroxylation sites is 1. The molecule has 1 unspecified atom stereocenters. The first-order valence-corrected chi connectivity index (χ1v) is 10.2. The minimum Gasteiger partial charge on any atom is -0.337 e. The van der Waals surface area contributed by atoms with Gasteiger partial charge in [0, 0.05) is 29.9 Å².